The molecule has 21 heavy (non-hydrogen) atoms. The third-order valence-electron chi connectivity index (χ3n) is 2.92. The minimum absolute atomic E-state index is 0.117. The Kier molecular flexibility index (Phi) is 5.58. The number of halogens is 1. The summed E-state index contributed by atoms with van der Waals surface area (Å²) in [6.45, 7) is 0.513. The van der Waals surface area contributed by atoms with Gasteiger partial charge in [-0.3, -0.25) is 4.79 Å². The zero-order chi connectivity index (χ0) is 15.1. The number of carbonyl (C=O) groups is 1. The molecule has 0 bridgehead atoms. The Hall–Kier alpha value is -2.07. The summed E-state index contributed by atoms with van der Waals surface area (Å²) in [5.74, 6) is 0.681. The van der Waals surface area contributed by atoms with E-state index in [9.17, 15) is 4.79 Å². The molecule has 1 amide bonds. The Balaban J connectivity index is 1.85. The van der Waals surface area contributed by atoms with Crippen LogP contribution in [0.25, 0.3) is 6.08 Å². The molecular formula is C17H16BrNO2. The van der Waals surface area contributed by atoms with Gasteiger partial charge in [-0.05, 0) is 41.5 Å². The maximum atomic E-state index is 11.7. The molecule has 0 heterocycles. The standard InChI is InChI=1S/C17H16BrNO2/c1-21-16-9-4-13(5-10-16)6-11-17(20)19-12-14-2-7-15(18)8-3-14/h2-11H,12H2,1H3,(H,19,20). The van der Waals surface area contributed by atoms with Gasteiger partial charge >= 0.3 is 0 Å². The lowest BCUT2D eigenvalue weighted by Crippen LogP contribution is -2.20. The predicted octanol–water partition coefficient (Wildman–Crippen LogP) is 3.79. The lowest BCUT2D eigenvalue weighted by Gasteiger charge is -2.03. The van der Waals surface area contributed by atoms with Crippen molar-refractivity contribution in [1.82, 2.24) is 5.32 Å². The van der Waals surface area contributed by atoms with Gasteiger partial charge in [0.25, 0.3) is 0 Å². The molecule has 1 N–H and O–H groups in total. The van der Waals surface area contributed by atoms with Crippen LogP contribution >= 0.6 is 15.9 Å². The molecule has 0 aliphatic rings. The molecule has 0 aliphatic heterocycles. The van der Waals surface area contributed by atoms with Gasteiger partial charge in [0.05, 0.1) is 7.11 Å². The zero-order valence-electron chi connectivity index (χ0n) is 11.7. The highest BCUT2D eigenvalue weighted by atomic mass is 79.9. The average molecular weight is 346 g/mol. The number of hydrogen-bond donors (Lipinski definition) is 1. The van der Waals surface area contributed by atoms with Crippen molar-refractivity contribution in [3.8, 4) is 5.75 Å². The summed E-state index contributed by atoms with van der Waals surface area (Å²) in [4.78, 5) is 11.7. The van der Waals surface area contributed by atoms with Gasteiger partial charge in [-0.15, -0.1) is 0 Å². The quantitative estimate of drug-likeness (QED) is 0.837. The summed E-state index contributed by atoms with van der Waals surface area (Å²) in [5, 5.41) is 2.85. The van der Waals surface area contributed by atoms with Crippen LogP contribution in [-0.2, 0) is 11.3 Å². The van der Waals surface area contributed by atoms with Gasteiger partial charge in [0.2, 0.25) is 5.91 Å². The molecular weight excluding hydrogens is 330 g/mol. The Morgan fingerprint density at radius 1 is 1.14 bits per heavy atom. The van der Waals surface area contributed by atoms with Crippen LogP contribution in [-0.4, -0.2) is 13.0 Å². The van der Waals surface area contributed by atoms with Crippen LogP contribution in [0.3, 0.4) is 0 Å². The molecule has 108 valence electrons. The molecule has 2 aromatic rings. The predicted molar refractivity (Wildman–Crippen MR) is 88.0 cm³/mol. The monoisotopic (exact) mass is 345 g/mol. The van der Waals surface area contributed by atoms with Crippen molar-refractivity contribution in [2.45, 2.75) is 6.54 Å². The van der Waals surface area contributed by atoms with E-state index >= 15 is 0 Å². The normalized spacial score (nSPS) is 10.6. The number of hydrogen-bond acceptors (Lipinski definition) is 2. The highest BCUT2D eigenvalue weighted by molar-refractivity contribution is 9.10. The molecule has 0 aliphatic carbocycles. The van der Waals surface area contributed by atoms with Crippen LogP contribution in [0.15, 0.2) is 59.1 Å². The average Bonchev–Trinajstić information content (AvgIpc) is 2.53. The third-order valence-corrected chi connectivity index (χ3v) is 3.45. The Labute approximate surface area is 132 Å². The van der Waals surface area contributed by atoms with Crippen LogP contribution < -0.4 is 10.1 Å². The lowest BCUT2D eigenvalue weighted by atomic mass is 10.2. The highest BCUT2D eigenvalue weighted by Crippen LogP contribution is 2.12. The molecule has 2 aromatic carbocycles. The molecule has 0 radical (unpaired) electrons. The van der Waals surface area contributed by atoms with E-state index in [0.29, 0.717) is 6.54 Å². The molecule has 0 spiro atoms. The zero-order valence-corrected chi connectivity index (χ0v) is 13.3. The second-order valence-corrected chi connectivity index (χ2v) is 5.37. The second-order valence-electron chi connectivity index (χ2n) is 4.45. The summed E-state index contributed by atoms with van der Waals surface area (Å²) in [6.07, 6.45) is 3.30. The number of nitrogens with one attached hydrogen (secondary N) is 1. The first-order valence-corrected chi connectivity index (χ1v) is 7.31. The second kappa shape index (κ2) is 7.64. The first-order chi connectivity index (χ1) is 10.2. The number of amides is 1. The molecule has 0 atom stereocenters. The number of rotatable bonds is 5. The molecule has 0 saturated heterocycles. The Morgan fingerprint density at radius 3 is 2.43 bits per heavy atom. The van der Waals surface area contributed by atoms with E-state index in [1.54, 1.807) is 13.2 Å². The minimum atomic E-state index is -0.117. The summed E-state index contributed by atoms with van der Waals surface area (Å²) < 4.78 is 6.11. The van der Waals surface area contributed by atoms with Crippen LogP contribution in [0, 0.1) is 0 Å². The van der Waals surface area contributed by atoms with E-state index in [-0.39, 0.29) is 5.91 Å². The molecule has 0 unspecified atom stereocenters. The number of methoxy groups -OCH3 is 1. The maximum absolute atomic E-state index is 11.7. The molecule has 2 rings (SSSR count). The Bertz CT molecular complexity index is 618. The van der Waals surface area contributed by atoms with E-state index in [1.807, 2.05) is 48.5 Å². The number of carbonyl (C=O) groups excluding carboxylic acids is 1. The molecule has 0 saturated carbocycles. The molecule has 0 aromatic heterocycles. The SMILES string of the molecule is COc1ccc(C=CC(=O)NCc2ccc(Br)cc2)cc1. The number of benzene rings is 2. The molecule has 0 fully saturated rings. The fraction of sp³-hybridized carbons (Fsp3) is 0.118. The summed E-state index contributed by atoms with van der Waals surface area (Å²) >= 11 is 3.38. The first-order valence-electron chi connectivity index (χ1n) is 6.52. The maximum Gasteiger partial charge on any atom is 0.244 e. The highest BCUT2D eigenvalue weighted by Gasteiger charge is 1.97. The van der Waals surface area contributed by atoms with Gasteiger partial charge in [-0.25, -0.2) is 0 Å². The van der Waals surface area contributed by atoms with E-state index in [4.69, 9.17) is 4.74 Å². The van der Waals surface area contributed by atoms with Gasteiger partial charge in [-0.1, -0.05) is 40.2 Å². The Morgan fingerprint density at radius 2 is 1.81 bits per heavy atom. The topological polar surface area (TPSA) is 38.3 Å². The van der Waals surface area contributed by atoms with E-state index < -0.39 is 0 Å². The van der Waals surface area contributed by atoms with Gasteiger partial charge in [-0.2, -0.15) is 0 Å². The van der Waals surface area contributed by atoms with E-state index in [0.717, 1.165) is 21.3 Å². The van der Waals surface area contributed by atoms with Crippen molar-refractivity contribution in [2.75, 3.05) is 7.11 Å². The summed E-state index contributed by atoms with van der Waals surface area (Å²) in [5.41, 5.74) is 2.01. The van der Waals surface area contributed by atoms with Gasteiger partial charge in [0.15, 0.2) is 0 Å². The fourth-order valence-electron chi connectivity index (χ4n) is 1.74. The van der Waals surface area contributed by atoms with Crippen molar-refractivity contribution >= 4 is 27.9 Å². The van der Waals surface area contributed by atoms with Crippen molar-refractivity contribution in [1.29, 1.82) is 0 Å². The fourth-order valence-corrected chi connectivity index (χ4v) is 2.00. The molecule has 3 nitrogen and oxygen atoms in total. The van der Waals surface area contributed by atoms with Gasteiger partial charge in [0, 0.05) is 17.1 Å². The van der Waals surface area contributed by atoms with Gasteiger partial charge in [0.1, 0.15) is 5.75 Å². The first kappa shape index (κ1) is 15.3. The minimum Gasteiger partial charge on any atom is -0.497 e. The number of ether oxygens (including phenoxy) is 1. The third kappa shape index (κ3) is 5.08. The van der Waals surface area contributed by atoms with Crippen molar-refractivity contribution < 1.29 is 9.53 Å². The van der Waals surface area contributed by atoms with E-state index in [1.165, 1.54) is 6.08 Å². The largest absolute Gasteiger partial charge is 0.497 e. The van der Waals surface area contributed by atoms with Crippen molar-refractivity contribution in [3.63, 3.8) is 0 Å². The van der Waals surface area contributed by atoms with Gasteiger partial charge < -0.3 is 10.1 Å². The van der Waals surface area contributed by atoms with E-state index in [2.05, 4.69) is 21.2 Å². The smallest absolute Gasteiger partial charge is 0.244 e. The van der Waals surface area contributed by atoms with Crippen LogP contribution in [0.5, 0.6) is 5.75 Å². The summed E-state index contributed by atoms with van der Waals surface area (Å²) in [6, 6.07) is 15.4. The van der Waals surface area contributed by atoms with Crippen LogP contribution in [0.4, 0.5) is 0 Å². The molecule has 4 heteroatoms. The lowest BCUT2D eigenvalue weighted by molar-refractivity contribution is -0.116. The summed E-state index contributed by atoms with van der Waals surface area (Å²) in [7, 11) is 1.63. The van der Waals surface area contributed by atoms with Crippen molar-refractivity contribution in [2.24, 2.45) is 0 Å². The van der Waals surface area contributed by atoms with Crippen LogP contribution in [0.1, 0.15) is 11.1 Å². The van der Waals surface area contributed by atoms with Crippen LogP contribution in [0.2, 0.25) is 0 Å². The van der Waals surface area contributed by atoms with Crippen molar-refractivity contribution in [3.05, 3.63) is 70.2 Å².